The highest BCUT2D eigenvalue weighted by Gasteiger charge is 2.14. The predicted molar refractivity (Wildman–Crippen MR) is 128 cm³/mol. The number of hydrogen-bond donors (Lipinski definition) is 1. The minimum atomic E-state index is -0.320. The van der Waals surface area contributed by atoms with Gasteiger partial charge in [0.1, 0.15) is 0 Å². The Hall–Kier alpha value is -4.52. The van der Waals surface area contributed by atoms with E-state index >= 15 is 0 Å². The van der Waals surface area contributed by atoms with E-state index in [1.165, 1.54) is 12.5 Å². The number of nitrogens with zero attached hydrogens (tertiary/aromatic N) is 3. The topological polar surface area (TPSA) is 88.3 Å². The maximum Gasteiger partial charge on any atom is 0.258 e. The number of aryl methyl sites for hydroxylation is 1. The number of amides is 2. The molecule has 0 atom stereocenters. The summed E-state index contributed by atoms with van der Waals surface area (Å²) in [6.45, 7) is 1.99. The molecule has 0 fully saturated rings. The fraction of sp³-hybridized carbons (Fsp3) is 0.0769. The first-order valence-electron chi connectivity index (χ1n) is 10.3. The summed E-state index contributed by atoms with van der Waals surface area (Å²) in [5.41, 5.74) is 4.39. The summed E-state index contributed by atoms with van der Waals surface area (Å²) in [7, 11) is 1.74. The van der Waals surface area contributed by atoms with E-state index in [2.05, 4.69) is 15.5 Å². The molecule has 3 aromatic carbocycles. The molecule has 164 valence electrons. The maximum absolute atomic E-state index is 12.9. The number of para-hydroxylation sites is 1. The molecule has 0 saturated carbocycles. The average molecular weight is 438 g/mol. The van der Waals surface area contributed by atoms with Crippen LogP contribution in [0.5, 0.6) is 0 Å². The molecule has 0 aliphatic carbocycles. The van der Waals surface area contributed by atoms with Gasteiger partial charge in [0, 0.05) is 29.9 Å². The summed E-state index contributed by atoms with van der Waals surface area (Å²) in [6, 6.07) is 22.1. The summed E-state index contributed by atoms with van der Waals surface area (Å²) in [5, 5.41) is 6.65. The molecular formula is C26H22N4O3. The first kappa shape index (κ1) is 21.7. The lowest BCUT2D eigenvalue weighted by molar-refractivity contribution is -0.111. The van der Waals surface area contributed by atoms with Crippen LogP contribution in [0.15, 0.2) is 89.8 Å². The molecule has 0 bridgehead atoms. The van der Waals surface area contributed by atoms with Crippen molar-refractivity contribution in [3.8, 4) is 11.4 Å². The lowest BCUT2D eigenvalue weighted by Crippen LogP contribution is -2.26. The third kappa shape index (κ3) is 5.22. The van der Waals surface area contributed by atoms with Gasteiger partial charge in [-0.2, -0.15) is 4.98 Å². The van der Waals surface area contributed by atoms with Gasteiger partial charge in [0.05, 0.1) is 5.69 Å². The number of anilines is 2. The molecule has 1 N–H and O–H groups in total. The monoisotopic (exact) mass is 438 g/mol. The van der Waals surface area contributed by atoms with Gasteiger partial charge >= 0.3 is 0 Å². The van der Waals surface area contributed by atoms with Crippen molar-refractivity contribution in [3.63, 3.8) is 0 Å². The summed E-state index contributed by atoms with van der Waals surface area (Å²) < 4.78 is 4.80. The van der Waals surface area contributed by atoms with Crippen LogP contribution in [0.3, 0.4) is 0 Å². The number of nitrogens with one attached hydrogen (secondary N) is 1. The molecule has 0 aliphatic heterocycles. The van der Waals surface area contributed by atoms with Crippen LogP contribution in [0.2, 0.25) is 0 Å². The predicted octanol–water partition coefficient (Wildman–Crippen LogP) is 4.97. The van der Waals surface area contributed by atoms with Crippen molar-refractivity contribution in [3.05, 3.63) is 102 Å². The largest absolute Gasteiger partial charge is 0.342 e. The molecule has 2 amide bonds. The molecule has 7 nitrogen and oxygen atoms in total. The third-order valence-corrected chi connectivity index (χ3v) is 5.04. The Morgan fingerprint density at radius 1 is 1.00 bits per heavy atom. The van der Waals surface area contributed by atoms with E-state index in [-0.39, 0.29) is 11.8 Å². The Morgan fingerprint density at radius 3 is 2.61 bits per heavy atom. The third-order valence-electron chi connectivity index (χ3n) is 5.04. The van der Waals surface area contributed by atoms with E-state index in [1.807, 2.05) is 49.4 Å². The van der Waals surface area contributed by atoms with Crippen LogP contribution in [0.1, 0.15) is 21.5 Å². The van der Waals surface area contributed by atoms with Gasteiger partial charge in [-0.3, -0.25) is 9.59 Å². The zero-order valence-electron chi connectivity index (χ0n) is 18.2. The van der Waals surface area contributed by atoms with E-state index in [9.17, 15) is 9.59 Å². The number of carbonyl (C=O) groups is 2. The zero-order valence-corrected chi connectivity index (χ0v) is 18.2. The van der Waals surface area contributed by atoms with Gasteiger partial charge in [-0.1, -0.05) is 41.6 Å². The molecule has 0 saturated heterocycles. The van der Waals surface area contributed by atoms with Crippen molar-refractivity contribution >= 4 is 29.3 Å². The minimum Gasteiger partial charge on any atom is -0.342 e. The molecule has 4 aromatic rings. The van der Waals surface area contributed by atoms with Gasteiger partial charge in [0.2, 0.25) is 18.1 Å². The smallest absolute Gasteiger partial charge is 0.258 e. The quantitative estimate of drug-likeness (QED) is 0.429. The van der Waals surface area contributed by atoms with Crippen molar-refractivity contribution in [2.75, 3.05) is 17.3 Å². The highest BCUT2D eigenvalue weighted by molar-refractivity contribution is 6.07. The second kappa shape index (κ2) is 9.74. The number of aromatic nitrogens is 2. The van der Waals surface area contributed by atoms with Gasteiger partial charge in [-0.15, -0.1) is 0 Å². The summed E-state index contributed by atoms with van der Waals surface area (Å²) >= 11 is 0. The van der Waals surface area contributed by atoms with Crippen molar-refractivity contribution in [1.82, 2.24) is 10.1 Å². The van der Waals surface area contributed by atoms with Crippen molar-refractivity contribution in [2.45, 2.75) is 6.92 Å². The van der Waals surface area contributed by atoms with Crippen molar-refractivity contribution in [1.29, 1.82) is 0 Å². The molecule has 0 spiro atoms. The van der Waals surface area contributed by atoms with E-state index in [0.29, 0.717) is 22.6 Å². The highest BCUT2D eigenvalue weighted by atomic mass is 16.5. The average Bonchev–Trinajstić information content (AvgIpc) is 3.37. The maximum atomic E-state index is 12.9. The first-order chi connectivity index (χ1) is 16.0. The number of hydrogen-bond acceptors (Lipinski definition) is 5. The van der Waals surface area contributed by atoms with Crippen molar-refractivity contribution in [2.24, 2.45) is 0 Å². The molecule has 0 unspecified atom stereocenters. The van der Waals surface area contributed by atoms with E-state index in [4.69, 9.17) is 4.52 Å². The highest BCUT2D eigenvalue weighted by Crippen LogP contribution is 2.24. The Balaban J connectivity index is 1.47. The normalized spacial score (nSPS) is 10.8. The minimum absolute atomic E-state index is 0.130. The van der Waals surface area contributed by atoms with Crippen molar-refractivity contribution < 1.29 is 14.1 Å². The Kier molecular flexibility index (Phi) is 6.40. The molecule has 33 heavy (non-hydrogen) atoms. The molecule has 0 radical (unpaired) electrons. The molecule has 7 heteroatoms. The second-order valence-corrected chi connectivity index (χ2v) is 7.45. The Morgan fingerprint density at radius 2 is 1.82 bits per heavy atom. The Bertz CT molecular complexity index is 1310. The lowest BCUT2D eigenvalue weighted by Gasteiger charge is -2.18. The zero-order chi connectivity index (χ0) is 23.2. The van der Waals surface area contributed by atoms with Crippen LogP contribution in [-0.4, -0.2) is 29.0 Å². The molecule has 4 rings (SSSR count). The summed E-state index contributed by atoms with van der Waals surface area (Å²) in [6.07, 6.45) is 4.31. The van der Waals surface area contributed by atoms with Crippen LogP contribution in [0, 0.1) is 6.92 Å². The van der Waals surface area contributed by atoms with Crippen LogP contribution < -0.4 is 10.2 Å². The van der Waals surface area contributed by atoms with Crippen LogP contribution >= 0.6 is 0 Å². The molecule has 1 heterocycles. The number of carbonyl (C=O) groups excluding carboxylic acids is 2. The fourth-order valence-corrected chi connectivity index (χ4v) is 3.35. The Labute approximate surface area is 191 Å². The van der Waals surface area contributed by atoms with Gasteiger partial charge in [0.15, 0.2) is 0 Å². The summed E-state index contributed by atoms with van der Waals surface area (Å²) in [5.74, 6) is -0.0623. The molecule has 1 aromatic heterocycles. The summed E-state index contributed by atoms with van der Waals surface area (Å²) in [4.78, 5) is 31.1. The fourth-order valence-electron chi connectivity index (χ4n) is 3.35. The van der Waals surface area contributed by atoms with Gasteiger partial charge in [0.25, 0.3) is 5.91 Å². The standard InChI is InChI=1S/C26H22N4O3/c1-18-7-5-10-21(15-18)30(2)26(32)20-9-6-8-19(16-20)13-14-24(31)28-23-12-4-3-11-22(23)25-27-17-33-29-25/h3-17H,1-2H3,(H,28,31)/b14-13+. The van der Waals surface area contributed by atoms with Crippen LogP contribution in [-0.2, 0) is 4.79 Å². The van der Waals surface area contributed by atoms with Crippen LogP contribution in [0.4, 0.5) is 11.4 Å². The van der Waals surface area contributed by atoms with E-state index < -0.39 is 0 Å². The SMILES string of the molecule is Cc1cccc(N(C)C(=O)c2cccc(/C=C/C(=O)Nc3ccccc3-c3ncon3)c2)c1. The van der Waals surface area contributed by atoms with E-state index in [1.54, 1.807) is 48.4 Å². The molecular weight excluding hydrogens is 416 g/mol. The van der Waals surface area contributed by atoms with Gasteiger partial charge in [-0.05, 0) is 60.5 Å². The number of benzene rings is 3. The van der Waals surface area contributed by atoms with Gasteiger partial charge in [-0.25, -0.2) is 0 Å². The van der Waals surface area contributed by atoms with Gasteiger partial charge < -0.3 is 14.7 Å². The first-order valence-corrected chi connectivity index (χ1v) is 10.3. The lowest BCUT2D eigenvalue weighted by atomic mass is 10.1. The van der Waals surface area contributed by atoms with Crippen LogP contribution in [0.25, 0.3) is 17.5 Å². The van der Waals surface area contributed by atoms with E-state index in [0.717, 1.165) is 16.8 Å². The number of rotatable bonds is 6. The second-order valence-electron chi connectivity index (χ2n) is 7.45. The molecule has 0 aliphatic rings.